The lowest BCUT2D eigenvalue weighted by atomic mass is 10.0. The van der Waals surface area contributed by atoms with E-state index in [1.807, 2.05) is 0 Å². The Kier molecular flexibility index (Phi) is 7.39. The van der Waals surface area contributed by atoms with Crippen molar-refractivity contribution in [1.29, 1.82) is 0 Å². The molecule has 0 saturated carbocycles. The van der Waals surface area contributed by atoms with E-state index in [2.05, 4.69) is 15.4 Å². The van der Waals surface area contributed by atoms with Crippen LogP contribution in [-0.2, 0) is 19.1 Å². The summed E-state index contributed by atoms with van der Waals surface area (Å²) >= 11 is 5.83. The first-order chi connectivity index (χ1) is 10.4. The zero-order chi connectivity index (χ0) is 16.5. The molecule has 6 nitrogen and oxygen atoms in total. The standard InChI is InChI=1S/C15H19ClN2O4/c1-10(19)18-13(11-3-5-12(16)6-4-11)9-14(20)17-8-7-15(21)22-2/h3-6,13H,7-9H2,1-2H3,(H,17,20)(H,18,19). The number of rotatable bonds is 7. The van der Waals surface area contributed by atoms with Crippen molar-refractivity contribution in [1.82, 2.24) is 10.6 Å². The molecular weight excluding hydrogens is 308 g/mol. The highest BCUT2D eigenvalue weighted by atomic mass is 35.5. The average Bonchev–Trinajstić information content (AvgIpc) is 2.46. The van der Waals surface area contributed by atoms with E-state index in [1.54, 1.807) is 24.3 Å². The number of benzene rings is 1. The highest BCUT2D eigenvalue weighted by molar-refractivity contribution is 6.30. The van der Waals surface area contributed by atoms with E-state index in [0.29, 0.717) is 5.02 Å². The summed E-state index contributed by atoms with van der Waals surface area (Å²) < 4.78 is 4.49. The van der Waals surface area contributed by atoms with Crippen LogP contribution in [0.2, 0.25) is 5.02 Å². The van der Waals surface area contributed by atoms with Crippen LogP contribution < -0.4 is 10.6 Å². The van der Waals surface area contributed by atoms with Crippen molar-refractivity contribution in [2.24, 2.45) is 0 Å². The van der Waals surface area contributed by atoms with E-state index < -0.39 is 12.0 Å². The Bertz CT molecular complexity index is 531. The molecule has 0 radical (unpaired) electrons. The van der Waals surface area contributed by atoms with Crippen LogP contribution in [0.3, 0.4) is 0 Å². The summed E-state index contributed by atoms with van der Waals surface area (Å²) in [6.45, 7) is 1.58. The molecule has 1 atom stereocenters. The molecule has 0 heterocycles. The van der Waals surface area contributed by atoms with Gasteiger partial charge in [0.05, 0.1) is 26.0 Å². The minimum Gasteiger partial charge on any atom is -0.469 e. The second-order valence-corrected chi connectivity index (χ2v) is 5.12. The third-order valence-corrected chi connectivity index (χ3v) is 3.17. The van der Waals surface area contributed by atoms with Crippen LogP contribution >= 0.6 is 11.6 Å². The molecule has 0 aliphatic rings. The fraction of sp³-hybridized carbons (Fsp3) is 0.400. The number of hydrogen-bond donors (Lipinski definition) is 2. The summed E-state index contributed by atoms with van der Waals surface area (Å²) in [6, 6.07) is 6.45. The van der Waals surface area contributed by atoms with Crippen LogP contribution in [0, 0.1) is 0 Å². The molecule has 22 heavy (non-hydrogen) atoms. The maximum Gasteiger partial charge on any atom is 0.307 e. The monoisotopic (exact) mass is 326 g/mol. The van der Waals surface area contributed by atoms with Gasteiger partial charge in [0.25, 0.3) is 0 Å². The molecule has 0 aliphatic heterocycles. The third kappa shape index (κ3) is 6.58. The van der Waals surface area contributed by atoms with Crippen molar-refractivity contribution in [3.8, 4) is 0 Å². The second-order valence-electron chi connectivity index (χ2n) is 4.68. The Morgan fingerprint density at radius 2 is 1.86 bits per heavy atom. The summed E-state index contributed by atoms with van der Waals surface area (Å²) in [7, 11) is 1.29. The molecule has 0 fully saturated rings. The van der Waals surface area contributed by atoms with Gasteiger partial charge in [-0.25, -0.2) is 0 Å². The van der Waals surface area contributed by atoms with Gasteiger partial charge < -0.3 is 15.4 Å². The van der Waals surface area contributed by atoms with Gasteiger partial charge in [-0.3, -0.25) is 14.4 Å². The maximum absolute atomic E-state index is 11.9. The SMILES string of the molecule is COC(=O)CCNC(=O)CC(NC(C)=O)c1ccc(Cl)cc1. The molecule has 0 aromatic heterocycles. The van der Waals surface area contributed by atoms with E-state index in [1.165, 1.54) is 14.0 Å². The molecule has 1 unspecified atom stereocenters. The number of methoxy groups -OCH3 is 1. The maximum atomic E-state index is 11.9. The van der Waals surface area contributed by atoms with Crippen molar-refractivity contribution in [2.45, 2.75) is 25.8 Å². The Balaban J connectivity index is 2.61. The van der Waals surface area contributed by atoms with Gasteiger partial charge in [0, 0.05) is 18.5 Å². The zero-order valence-electron chi connectivity index (χ0n) is 12.5. The molecule has 0 saturated heterocycles. The predicted octanol–water partition coefficient (Wildman–Crippen LogP) is 1.59. The first-order valence-electron chi connectivity index (χ1n) is 6.78. The summed E-state index contributed by atoms with van der Waals surface area (Å²) in [5, 5.41) is 5.91. The van der Waals surface area contributed by atoms with Gasteiger partial charge in [-0.15, -0.1) is 0 Å². The fourth-order valence-electron chi connectivity index (χ4n) is 1.86. The molecule has 2 amide bonds. The lowest BCUT2D eigenvalue weighted by Crippen LogP contribution is -2.33. The van der Waals surface area contributed by atoms with E-state index in [4.69, 9.17) is 11.6 Å². The average molecular weight is 327 g/mol. The normalized spacial score (nSPS) is 11.4. The van der Waals surface area contributed by atoms with Crippen molar-refractivity contribution in [2.75, 3.05) is 13.7 Å². The van der Waals surface area contributed by atoms with Crippen molar-refractivity contribution < 1.29 is 19.1 Å². The lowest BCUT2D eigenvalue weighted by molar-refractivity contribution is -0.140. The molecule has 0 spiro atoms. The molecule has 1 aromatic carbocycles. The summed E-state index contributed by atoms with van der Waals surface area (Å²) in [4.78, 5) is 34.2. The van der Waals surface area contributed by atoms with Crippen LogP contribution in [0.5, 0.6) is 0 Å². The molecule has 1 rings (SSSR count). The van der Waals surface area contributed by atoms with Crippen LogP contribution in [0.1, 0.15) is 31.4 Å². The van der Waals surface area contributed by atoms with Crippen molar-refractivity contribution in [3.05, 3.63) is 34.9 Å². The summed E-state index contributed by atoms with van der Waals surface area (Å²) in [6.07, 6.45) is 0.177. The Hall–Kier alpha value is -2.08. The summed E-state index contributed by atoms with van der Waals surface area (Å²) in [5.74, 6) is -0.892. The van der Waals surface area contributed by atoms with Crippen molar-refractivity contribution >= 4 is 29.4 Å². The van der Waals surface area contributed by atoms with Crippen LogP contribution in [0.15, 0.2) is 24.3 Å². The number of halogens is 1. The predicted molar refractivity (Wildman–Crippen MR) is 82.3 cm³/mol. The molecule has 120 valence electrons. The van der Waals surface area contributed by atoms with Gasteiger partial charge >= 0.3 is 5.97 Å². The molecule has 7 heteroatoms. The second kappa shape index (κ2) is 9.04. The molecule has 1 aromatic rings. The number of nitrogens with one attached hydrogen (secondary N) is 2. The molecular formula is C15H19ClN2O4. The number of hydrogen-bond acceptors (Lipinski definition) is 4. The van der Waals surface area contributed by atoms with Gasteiger partial charge in [0.2, 0.25) is 11.8 Å². The van der Waals surface area contributed by atoms with Crippen LogP contribution in [-0.4, -0.2) is 31.4 Å². The number of amides is 2. The Morgan fingerprint density at radius 3 is 2.41 bits per heavy atom. The van der Waals surface area contributed by atoms with Gasteiger partial charge in [-0.2, -0.15) is 0 Å². The van der Waals surface area contributed by atoms with E-state index in [-0.39, 0.29) is 31.2 Å². The smallest absolute Gasteiger partial charge is 0.307 e. The quantitative estimate of drug-likeness (QED) is 0.745. The fourth-order valence-corrected chi connectivity index (χ4v) is 1.98. The van der Waals surface area contributed by atoms with E-state index in [9.17, 15) is 14.4 Å². The molecule has 0 aliphatic carbocycles. The Labute approximate surface area is 134 Å². The minimum absolute atomic E-state index is 0.0718. The van der Waals surface area contributed by atoms with Crippen LogP contribution in [0.4, 0.5) is 0 Å². The van der Waals surface area contributed by atoms with E-state index >= 15 is 0 Å². The van der Waals surface area contributed by atoms with Gasteiger partial charge in [0.1, 0.15) is 0 Å². The highest BCUT2D eigenvalue weighted by Gasteiger charge is 2.17. The van der Waals surface area contributed by atoms with Crippen LogP contribution in [0.25, 0.3) is 0 Å². The minimum atomic E-state index is -0.451. The van der Waals surface area contributed by atoms with Gasteiger partial charge in [-0.1, -0.05) is 23.7 Å². The Morgan fingerprint density at radius 1 is 1.23 bits per heavy atom. The third-order valence-electron chi connectivity index (χ3n) is 2.92. The first-order valence-corrected chi connectivity index (χ1v) is 7.16. The number of ether oxygens (including phenoxy) is 1. The van der Waals surface area contributed by atoms with Crippen molar-refractivity contribution in [3.63, 3.8) is 0 Å². The topological polar surface area (TPSA) is 84.5 Å². The zero-order valence-corrected chi connectivity index (χ0v) is 13.3. The largest absolute Gasteiger partial charge is 0.469 e. The molecule has 0 bridgehead atoms. The van der Waals surface area contributed by atoms with Gasteiger partial charge in [-0.05, 0) is 17.7 Å². The van der Waals surface area contributed by atoms with Gasteiger partial charge in [0.15, 0.2) is 0 Å². The summed E-state index contributed by atoms with van der Waals surface area (Å²) in [5.41, 5.74) is 0.780. The number of carbonyl (C=O) groups is 3. The van der Waals surface area contributed by atoms with E-state index in [0.717, 1.165) is 5.56 Å². The highest BCUT2D eigenvalue weighted by Crippen LogP contribution is 2.19. The number of esters is 1. The lowest BCUT2D eigenvalue weighted by Gasteiger charge is -2.18. The number of carbonyl (C=O) groups excluding carboxylic acids is 3. The first kappa shape index (κ1) is 18.0. The molecule has 2 N–H and O–H groups in total.